The van der Waals surface area contributed by atoms with Gasteiger partial charge in [-0.1, -0.05) is 36.4 Å². The Balaban J connectivity index is 2.72. The molecule has 0 saturated carbocycles. The molecule has 1 aromatic carbocycles. The minimum Gasteiger partial charge on any atom is -0.396 e. The first kappa shape index (κ1) is 11.0. The van der Waals surface area contributed by atoms with Gasteiger partial charge in [-0.25, -0.2) is 0 Å². The van der Waals surface area contributed by atoms with Crippen LogP contribution in [0.1, 0.15) is 18.1 Å². The van der Waals surface area contributed by atoms with Gasteiger partial charge in [-0.05, 0) is 12.0 Å². The average molecular weight is 192 g/mol. The summed E-state index contributed by atoms with van der Waals surface area (Å²) in [5.41, 5.74) is 0.841. The third-order valence-corrected chi connectivity index (χ3v) is 2.29. The van der Waals surface area contributed by atoms with Crippen LogP contribution in [0.2, 0.25) is 0 Å². The first-order valence-corrected chi connectivity index (χ1v) is 4.74. The van der Waals surface area contributed by atoms with E-state index in [4.69, 9.17) is 5.11 Å². The number of hydrogen-bond acceptors (Lipinski definition) is 2. The summed E-state index contributed by atoms with van der Waals surface area (Å²) in [5.74, 6) is -0.158. The molecule has 0 bridgehead atoms. The molecule has 2 atom stereocenters. The Kier molecular flexibility index (Phi) is 4.36. The van der Waals surface area contributed by atoms with E-state index in [0.717, 1.165) is 5.56 Å². The standard InChI is InChI=1S/C12H16O2/c1-2-6-11(9-13)12(14)10-7-4-3-5-8-10/h2-5,7-8,11-14H,1,6,9H2. The molecule has 2 N–H and O–H groups in total. The number of allylic oxidation sites excluding steroid dienone is 1. The van der Waals surface area contributed by atoms with Crippen LogP contribution in [-0.4, -0.2) is 16.8 Å². The van der Waals surface area contributed by atoms with Crippen molar-refractivity contribution in [1.29, 1.82) is 0 Å². The van der Waals surface area contributed by atoms with Crippen LogP contribution < -0.4 is 0 Å². The molecule has 1 rings (SSSR count). The molecular formula is C12H16O2. The molecule has 0 heterocycles. The fourth-order valence-electron chi connectivity index (χ4n) is 1.44. The largest absolute Gasteiger partial charge is 0.396 e. The maximum absolute atomic E-state index is 9.90. The second-order valence-corrected chi connectivity index (χ2v) is 3.32. The van der Waals surface area contributed by atoms with E-state index in [0.29, 0.717) is 6.42 Å². The highest BCUT2D eigenvalue weighted by Crippen LogP contribution is 2.24. The van der Waals surface area contributed by atoms with Crippen molar-refractivity contribution in [1.82, 2.24) is 0 Å². The van der Waals surface area contributed by atoms with Gasteiger partial charge < -0.3 is 10.2 Å². The molecule has 0 radical (unpaired) electrons. The fourth-order valence-corrected chi connectivity index (χ4v) is 1.44. The van der Waals surface area contributed by atoms with Gasteiger partial charge in [0.05, 0.1) is 6.10 Å². The first-order valence-electron chi connectivity index (χ1n) is 4.74. The Morgan fingerprint density at radius 3 is 2.43 bits per heavy atom. The minimum absolute atomic E-state index is 0.0257. The average Bonchev–Trinajstić information content (AvgIpc) is 2.26. The molecule has 0 fully saturated rings. The highest BCUT2D eigenvalue weighted by Gasteiger charge is 2.18. The van der Waals surface area contributed by atoms with E-state index in [-0.39, 0.29) is 12.5 Å². The molecule has 0 aliphatic carbocycles. The first-order chi connectivity index (χ1) is 6.79. The van der Waals surface area contributed by atoms with Gasteiger partial charge in [0.2, 0.25) is 0 Å². The molecule has 0 amide bonds. The predicted octanol–water partition coefficient (Wildman–Crippen LogP) is 1.90. The van der Waals surface area contributed by atoms with Crippen molar-refractivity contribution in [2.45, 2.75) is 12.5 Å². The lowest BCUT2D eigenvalue weighted by Crippen LogP contribution is -2.15. The van der Waals surface area contributed by atoms with E-state index in [1.165, 1.54) is 0 Å². The Hall–Kier alpha value is -1.12. The molecule has 2 heteroatoms. The van der Waals surface area contributed by atoms with E-state index in [1.807, 2.05) is 30.3 Å². The topological polar surface area (TPSA) is 40.5 Å². The summed E-state index contributed by atoms with van der Waals surface area (Å²) in [7, 11) is 0. The van der Waals surface area contributed by atoms with E-state index in [9.17, 15) is 5.11 Å². The molecular weight excluding hydrogens is 176 g/mol. The lowest BCUT2D eigenvalue weighted by Gasteiger charge is -2.19. The van der Waals surface area contributed by atoms with Gasteiger partial charge in [0.1, 0.15) is 0 Å². The van der Waals surface area contributed by atoms with Crippen LogP contribution >= 0.6 is 0 Å². The SMILES string of the molecule is C=CCC(CO)C(O)c1ccccc1. The summed E-state index contributed by atoms with van der Waals surface area (Å²) in [4.78, 5) is 0. The maximum atomic E-state index is 9.90. The second kappa shape index (κ2) is 5.58. The smallest absolute Gasteiger partial charge is 0.0843 e. The van der Waals surface area contributed by atoms with Crippen LogP contribution in [0.25, 0.3) is 0 Å². The van der Waals surface area contributed by atoms with Gasteiger partial charge in [0, 0.05) is 12.5 Å². The summed E-state index contributed by atoms with van der Waals surface area (Å²) in [5, 5.41) is 19.0. The zero-order chi connectivity index (χ0) is 10.4. The van der Waals surface area contributed by atoms with Crippen LogP contribution in [0.15, 0.2) is 43.0 Å². The quantitative estimate of drug-likeness (QED) is 0.699. The van der Waals surface area contributed by atoms with Crippen molar-refractivity contribution in [3.8, 4) is 0 Å². The van der Waals surface area contributed by atoms with E-state index in [2.05, 4.69) is 6.58 Å². The number of benzene rings is 1. The lowest BCUT2D eigenvalue weighted by atomic mass is 9.94. The van der Waals surface area contributed by atoms with Crippen molar-refractivity contribution in [2.24, 2.45) is 5.92 Å². The third kappa shape index (κ3) is 2.69. The minimum atomic E-state index is -0.612. The summed E-state index contributed by atoms with van der Waals surface area (Å²) in [6, 6.07) is 9.37. The highest BCUT2D eigenvalue weighted by molar-refractivity contribution is 5.18. The molecule has 2 unspecified atom stereocenters. The normalized spacial score (nSPS) is 14.7. The summed E-state index contributed by atoms with van der Waals surface area (Å²) in [6.07, 6.45) is 1.72. The molecule has 0 saturated heterocycles. The molecule has 0 aromatic heterocycles. The van der Waals surface area contributed by atoms with E-state index in [1.54, 1.807) is 6.08 Å². The Labute approximate surface area is 84.5 Å². The molecule has 0 spiro atoms. The van der Waals surface area contributed by atoms with Crippen molar-refractivity contribution in [2.75, 3.05) is 6.61 Å². The monoisotopic (exact) mass is 192 g/mol. The van der Waals surface area contributed by atoms with Crippen molar-refractivity contribution in [3.63, 3.8) is 0 Å². The van der Waals surface area contributed by atoms with Crippen molar-refractivity contribution < 1.29 is 10.2 Å². The molecule has 2 nitrogen and oxygen atoms in total. The third-order valence-electron chi connectivity index (χ3n) is 2.29. The Morgan fingerprint density at radius 2 is 1.93 bits per heavy atom. The number of aliphatic hydroxyl groups is 2. The Morgan fingerprint density at radius 1 is 1.29 bits per heavy atom. The van der Waals surface area contributed by atoms with E-state index >= 15 is 0 Å². The van der Waals surface area contributed by atoms with Gasteiger partial charge in [-0.15, -0.1) is 6.58 Å². The predicted molar refractivity (Wildman–Crippen MR) is 56.8 cm³/mol. The van der Waals surface area contributed by atoms with Crippen LogP contribution in [-0.2, 0) is 0 Å². The molecule has 0 aliphatic heterocycles. The molecule has 76 valence electrons. The Bertz CT molecular complexity index is 269. The molecule has 14 heavy (non-hydrogen) atoms. The number of rotatable bonds is 5. The second-order valence-electron chi connectivity index (χ2n) is 3.32. The lowest BCUT2D eigenvalue weighted by molar-refractivity contribution is 0.0684. The fraction of sp³-hybridized carbons (Fsp3) is 0.333. The van der Waals surface area contributed by atoms with Gasteiger partial charge >= 0.3 is 0 Å². The van der Waals surface area contributed by atoms with Gasteiger partial charge in [-0.2, -0.15) is 0 Å². The number of hydrogen-bond donors (Lipinski definition) is 2. The van der Waals surface area contributed by atoms with Crippen molar-refractivity contribution in [3.05, 3.63) is 48.6 Å². The number of aliphatic hydroxyl groups excluding tert-OH is 2. The van der Waals surface area contributed by atoms with Gasteiger partial charge in [0.25, 0.3) is 0 Å². The summed E-state index contributed by atoms with van der Waals surface area (Å²) in [6.45, 7) is 3.58. The van der Waals surface area contributed by atoms with Crippen LogP contribution in [0.5, 0.6) is 0 Å². The van der Waals surface area contributed by atoms with Crippen LogP contribution in [0.3, 0.4) is 0 Å². The van der Waals surface area contributed by atoms with Gasteiger partial charge in [-0.3, -0.25) is 0 Å². The molecule has 1 aromatic rings. The summed E-state index contributed by atoms with van der Waals surface area (Å²) < 4.78 is 0. The van der Waals surface area contributed by atoms with Crippen LogP contribution in [0.4, 0.5) is 0 Å². The highest BCUT2D eigenvalue weighted by atomic mass is 16.3. The maximum Gasteiger partial charge on any atom is 0.0843 e. The zero-order valence-corrected chi connectivity index (χ0v) is 8.13. The van der Waals surface area contributed by atoms with Crippen LogP contribution in [0, 0.1) is 5.92 Å². The summed E-state index contributed by atoms with van der Waals surface area (Å²) >= 11 is 0. The zero-order valence-electron chi connectivity index (χ0n) is 8.13. The molecule has 0 aliphatic rings. The van der Waals surface area contributed by atoms with E-state index < -0.39 is 6.10 Å². The van der Waals surface area contributed by atoms with Gasteiger partial charge in [0.15, 0.2) is 0 Å². The van der Waals surface area contributed by atoms with Crippen molar-refractivity contribution >= 4 is 0 Å².